The van der Waals surface area contributed by atoms with E-state index in [2.05, 4.69) is 5.32 Å². The largest absolute Gasteiger partial charge is 0.462 e. The number of amides is 1. The Balaban J connectivity index is 1.68. The van der Waals surface area contributed by atoms with Crippen LogP contribution in [0.1, 0.15) is 56.5 Å². The third kappa shape index (κ3) is 4.94. The summed E-state index contributed by atoms with van der Waals surface area (Å²) in [6, 6.07) is 14.4. The topological polar surface area (TPSA) is 80.9 Å². The van der Waals surface area contributed by atoms with Gasteiger partial charge in [-0.25, -0.2) is 9.79 Å². The molecular formula is C28H25ClN2O4S. The highest BCUT2D eigenvalue weighted by molar-refractivity contribution is 7.16. The van der Waals surface area contributed by atoms with Gasteiger partial charge in [-0.15, -0.1) is 11.3 Å². The van der Waals surface area contributed by atoms with Crippen LogP contribution < -0.4 is 10.9 Å². The fraction of sp³-hybridized carbons (Fsp3) is 0.250. The molecule has 0 spiro atoms. The molecule has 0 saturated heterocycles. The molecule has 8 heteroatoms. The van der Waals surface area contributed by atoms with E-state index in [0.717, 1.165) is 41.7 Å². The molecule has 1 N–H and O–H groups in total. The highest BCUT2D eigenvalue weighted by Gasteiger charge is 2.27. The van der Waals surface area contributed by atoms with E-state index in [1.54, 1.807) is 31.2 Å². The van der Waals surface area contributed by atoms with Gasteiger partial charge in [-0.05, 0) is 81.5 Å². The van der Waals surface area contributed by atoms with Crippen molar-refractivity contribution in [3.8, 4) is 0 Å². The number of anilines is 1. The number of rotatable bonds is 5. The van der Waals surface area contributed by atoms with Gasteiger partial charge in [-0.1, -0.05) is 29.3 Å². The lowest BCUT2D eigenvalue weighted by Crippen LogP contribution is -2.21. The number of thiophene rings is 1. The zero-order valence-electron chi connectivity index (χ0n) is 20.0. The summed E-state index contributed by atoms with van der Waals surface area (Å²) in [6.45, 7) is 4.04. The van der Waals surface area contributed by atoms with Crippen LogP contribution in [0.2, 0.25) is 5.02 Å². The Bertz CT molecular complexity index is 1540. The Morgan fingerprint density at radius 1 is 1.11 bits per heavy atom. The molecule has 2 aromatic carbocycles. The van der Waals surface area contributed by atoms with E-state index < -0.39 is 5.97 Å². The lowest BCUT2D eigenvalue weighted by Gasteiger charge is -2.11. The van der Waals surface area contributed by atoms with Gasteiger partial charge < -0.3 is 14.5 Å². The molecule has 0 fully saturated rings. The van der Waals surface area contributed by atoms with Crippen LogP contribution in [0.5, 0.6) is 0 Å². The number of nitrogens with zero attached hydrogens (tertiary/aromatic N) is 1. The van der Waals surface area contributed by atoms with Crippen LogP contribution in [-0.2, 0) is 17.6 Å². The number of halogens is 1. The molecule has 1 aliphatic carbocycles. The molecular weight excluding hydrogens is 496 g/mol. The SMILES string of the molecule is CCOC(=O)c1c(/N=c2\oc3ccc(Cl)cc3cc2C(=O)Nc2ccc(C)cc2)sc2c1CCCC2. The average molecular weight is 521 g/mol. The molecule has 36 heavy (non-hydrogen) atoms. The summed E-state index contributed by atoms with van der Waals surface area (Å²) in [4.78, 5) is 32.2. The lowest BCUT2D eigenvalue weighted by atomic mass is 9.95. The van der Waals surface area contributed by atoms with Gasteiger partial charge in [0.15, 0.2) is 0 Å². The van der Waals surface area contributed by atoms with Crippen LogP contribution in [0, 0.1) is 6.92 Å². The maximum absolute atomic E-state index is 13.4. The van der Waals surface area contributed by atoms with Crippen molar-refractivity contribution in [2.75, 3.05) is 11.9 Å². The van der Waals surface area contributed by atoms with Gasteiger partial charge in [-0.2, -0.15) is 0 Å². The second-order valence-corrected chi connectivity index (χ2v) is 10.2. The molecule has 2 aromatic heterocycles. The summed E-state index contributed by atoms with van der Waals surface area (Å²) < 4.78 is 11.5. The van der Waals surface area contributed by atoms with Gasteiger partial charge in [0.1, 0.15) is 16.1 Å². The van der Waals surface area contributed by atoms with Crippen molar-refractivity contribution < 1.29 is 18.7 Å². The Kier molecular flexibility index (Phi) is 6.94. The number of ether oxygens (including phenoxy) is 1. The van der Waals surface area contributed by atoms with Gasteiger partial charge in [-0.3, -0.25) is 4.79 Å². The number of carbonyl (C=O) groups is 2. The molecule has 0 aliphatic heterocycles. The molecule has 0 saturated carbocycles. The van der Waals surface area contributed by atoms with Crippen molar-refractivity contribution >= 4 is 56.5 Å². The van der Waals surface area contributed by atoms with Crippen LogP contribution in [0.25, 0.3) is 11.0 Å². The Labute approximate surface area is 217 Å². The monoisotopic (exact) mass is 520 g/mol. The Morgan fingerprint density at radius 3 is 2.67 bits per heavy atom. The number of aryl methyl sites for hydroxylation is 2. The van der Waals surface area contributed by atoms with E-state index in [4.69, 9.17) is 25.7 Å². The molecule has 4 aromatic rings. The number of nitrogens with one attached hydrogen (secondary N) is 1. The van der Waals surface area contributed by atoms with Crippen LogP contribution in [0.15, 0.2) is 57.9 Å². The average Bonchev–Trinajstić information content (AvgIpc) is 3.23. The molecule has 184 valence electrons. The lowest BCUT2D eigenvalue weighted by molar-refractivity contribution is 0.0526. The summed E-state index contributed by atoms with van der Waals surface area (Å²) in [5.41, 5.74) is 4.12. The number of hydrogen-bond donors (Lipinski definition) is 1. The molecule has 6 nitrogen and oxygen atoms in total. The third-order valence-electron chi connectivity index (χ3n) is 6.10. The highest BCUT2D eigenvalue weighted by Crippen LogP contribution is 2.40. The molecule has 1 amide bonds. The fourth-order valence-corrected chi connectivity index (χ4v) is 5.74. The van der Waals surface area contributed by atoms with E-state index in [1.165, 1.54) is 11.3 Å². The first-order valence-corrected chi connectivity index (χ1v) is 13.1. The molecule has 0 bridgehead atoms. The first kappa shape index (κ1) is 24.3. The minimum atomic E-state index is -0.395. The molecule has 2 heterocycles. The van der Waals surface area contributed by atoms with Crippen molar-refractivity contribution in [2.45, 2.75) is 39.5 Å². The van der Waals surface area contributed by atoms with Crippen LogP contribution >= 0.6 is 22.9 Å². The normalized spacial score (nSPS) is 13.5. The smallest absolute Gasteiger partial charge is 0.341 e. The quantitative estimate of drug-likeness (QED) is 0.287. The maximum Gasteiger partial charge on any atom is 0.341 e. The second kappa shape index (κ2) is 10.3. The maximum atomic E-state index is 13.4. The zero-order chi connectivity index (χ0) is 25.2. The second-order valence-electron chi connectivity index (χ2n) is 8.69. The number of carbonyl (C=O) groups excluding carboxylic acids is 2. The van der Waals surface area contributed by atoms with Crippen LogP contribution in [-0.4, -0.2) is 18.5 Å². The van der Waals surface area contributed by atoms with Crippen LogP contribution in [0.4, 0.5) is 10.7 Å². The fourth-order valence-electron chi connectivity index (χ4n) is 4.32. The van der Waals surface area contributed by atoms with Crippen molar-refractivity contribution in [1.29, 1.82) is 0 Å². The first-order valence-electron chi connectivity index (χ1n) is 11.9. The number of fused-ring (bicyclic) bond motifs is 2. The molecule has 0 atom stereocenters. The van der Waals surface area contributed by atoms with Gasteiger partial charge >= 0.3 is 5.97 Å². The molecule has 0 unspecified atom stereocenters. The van der Waals surface area contributed by atoms with E-state index in [9.17, 15) is 9.59 Å². The molecule has 0 radical (unpaired) electrons. The summed E-state index contributed by atoms with van der Waals surface area (Å²) in [6.07, 6.45) is 3.79. The predicted molar refractivity (Wildman–Crippen MR) is 142 cm³/mol. The van der Waals surface area contributed by atoms with Crippen LogP contribution in [0.3, 0.4) is 0 Å². The van der Waals surface area contributed by atoms with Crippen molar-refractivity contribution in [1.82, 2.24) is 0 Å². The van der Waals surface area contributed by atoms with Gasteiger partial charge in [0, 0.05) is 21.0 Å². The minimum Gasteiger partial charge on any atom is -0.462 e. The molecule has 1 aliphatic rings. The number of benzene rings is 2. The zero-order valence-corrected chi connectivity index (χ0v) is 21.6. The Morgan fingerprint density at radius 2 is 1.89 bits per heavy atom. The van der Waals surface area contributed by atoms with E-state index in [1.807, 2.05) is 31.2 Å². The van der Waals surface area contributed by atoms with E-state index in [0.29, 0.717) is 32.2 Å². The highest BCUT2D eigenvalue weighted by atomic mass is 35.5. The summed E-state index contributed by atoms with van der Waals surface area (Å²) in [5, 5.41) is 4.62. The standard InChI is InChI=1S/C28H25ClN2O4S/c1-3-34-28(33)24-20-6-4-5-7-23(20)36-27(24)31-26-21(15-17-14-18(29)10-13-22(17)35-26)25(32)30-19-11-8-16(2)9-12-19/h8-15H,3-7H2,1-2H3,(H,30,32)/b31-26-. The van der Waals surface area contributed by atoms with E-state index in [-0.39, 0.29) is 23.6 Å². The van der Waals surface area contributed by atoms with Gasteiger partial charge in [0.2, 0.25) is 5.55 Å². The predicted octanol–water partition coefficient (Wildman–Crippen LogP) is 7.00. The van der Waals surface area contributed by atoms with Crippen molar-refractivity contribution in [2.24, 2.45) is 4.99 Å². The summed E-state index contributed by atoms with van der Waals surface area (Å²) in [5.74, 6) is -0.767. The number of esters is 1. The van der Waals surface area contributed by atoms with Gasteiger partial charge in [0.05, 0.1) is 12.2 Å². The minimum absolute atomic E-state index is 0.124. The Hall–Kier alpha value is -3.42. The van der Waals surface area contributed by atoms with Crippen molar-refractivity contribution in [3.05, 3.63) is 86.2 Å². The van der Waals surface area contributed by atoms with E-state index >= 15 is 0 Å². The first-order chi connectivity index (χ1) is 17.4. The summed E-state index contributed by atoms with van der Waals surface area (Å²) >= 11 is 7.66. The number of hydrogen-bond acceptors (Lipinski definition) is 6. The van der Waals surface area contributed by atoms with Gasteiger partial charge in [0.25, 0.3) is 5.91 Å². The third-order valence-corrected chi connectivity index (χ3v) is 7.52. The molecule has 5 rings (SSSR count). The van der Waals surface area contributed by atoms with Crippen molar-refractivity contribution in [3.63, 3.8) is 0 Å². The summed E-state index contributed by atoms with van der Waals surface area (Å²) in [7, 11) is 0.